The van der Waals surface area contributed by atoms with Crippen LogP contribution in [-0.2, 0) is 0 Å². The summed E-state index contributed by atoms with van der Waals surface area (Å²) in [6, 6.07) is 13.4. The molecule has 1 heterocycles. The molecule has 0 aromatic heterocycles. The summed E-state index contributed by atoms with van der Waals surface area (Å²) >= 11 is 0. The number of carbonyl (C=O) groups excluding carboxylic acids is 3. The van der Waals surface area contributed by atoms with E-state index in [0.29, 0.717) is 29.0 Å². The summed E-state index contributed by atoms with van der Waals surface area (Å²) in [5, 5.41) is 5.38. The van der Waals surface area contributed by atoms with Crippen LogP contribution in [0.5, 0.6) is 0 Å². The summed E-state index contributed by atoms with van der Waals surface area (Å²) < 4.78 is 0. The summed E-state index contributed by atoms with van der Waals surface area (Å²) in [4.78, 5) is 38.1. The Balaban J connectivity index is 1.74. The van der Waals surface area contributed by atoms with Crippen molar-refractivity contribution < 1.29 is 14.4 Å². The van der Waals surface area contributed by atoms with Gasteiger partial charge in [-0.1, -0.05) is 32.0 Å². The second-order valence-electron chi connectivity index (χ2n) is 6.32. The third-order valence-electron chi connectivity index (χ3n) is 3.81. The van der Waals surface area contributed by atoms with Crippen LogP contribution < -0.4 is 10.6 Å². The zero-order valence-electron chi connectivity index (χ0n) is 14.1. The first-order valence-electron chi connectivity index (χ1n) is 8.09. The van der Waals surface area contributed by atoms with Gasteiger partial charge in [-0.25, -0.2) is 4.79 Å². The van der Waals surface area contributed by atoms with Gasteiger partial charge in [0.25, 0.3) is 11.8 Å². The van der Waals surface area contributed by atoms with Crippen molar-refractivity contribution in [2.75, 3.05) is 17.2 Å². The van der Waals surface area contributed by atoms with E-state index >= 15 is 0 Å². The maximum absolute atomic E-state index is 12.4. The average Bonchev–Trinajstić information content (AvgIpc) is 2.80. The van der Waals surface area contributed by atoms with Crippen molar-refractivity contribution in [3.63, 3.8) is 0 Å². The van der Waals surface area contributed by atoms with Crippen LogP contribution in [0.1, 0.15) is 34.6 Å². The third kappa shape index (κ3) is 3.52. The number of nitrogens with one attached hydrogen (secondary N) is 2. The molecule has 0 saturated heterocycles. The lowest BCUT2D eigenvalue weighted by Crippen LogP contribution is -2.33. The highest BCUT2D eigenvalue weighted by atomic mass is 16.2. The zero-order valence-corrected chi connectivity index (χ0v) is 14.1. The zero-order chi connectivity index (χ0) is 18.0. The lowest BCUT2D eigenvalue weighted by molar-refractivity contribution is 0.0636. The number of fused-ring (bicyclic) bond motifs is 1. The molecule has 0 fully saturated rings. The molecule has 0 bridgehead atoms. The number of nitrogens with zero attached hydrogens (tertiary/aromatic N) is 1. The molecule has 0 radical (unpaired) electrons. The number of hydrogen-bond donors (Lipinski definition) is 2. The molecule has 1 aliphatic heterocycles. The van der Waals surface area contributed by atoms with Crippen molar-refractivity contribution >= 4 is 29.2 Å². The molecule has 2 aromatic carbocycles. The fourth-order valence-corrected chi connectivity index (χ4v) is 2.71. The molecular weight excluding hydrogens is 318 g/mol. The molecule has 25 heavy (non-hydrogen) atoms. The fourth-order valence-electron chi connectivity index (χ4n) is 2.71. The van der Waals surface area contributed by atoms with E-state index in [1.807, 2.05) is 32.0 Å². The molecule has 0 saturated carbocycles. The standard InChI is InChI=1S/C19H19N3O3/c1-12(2)11-22-17(23)15-9-8-14(10-16(15)18(22)24)21-19(25)20-13-6-4-3-5-7-13/h3-10,12H,11H2,1-2H3,(H2,20,21,25). The van der Waals surface area contributed by atoms with E-state index in [1.54, 1.807) is 30.3 Å². The Labute approximate surface area is 145 Å². The van der Waals surface area contributed by atoms with E-state index < -0.39 is 6.03 Å². The Kier molecular flexibility index (Phi) is 4.52. The Morgan fingerprint density at radius 3 is 2.24 bits per heavy atom. The SMILES string of the molecule is CC(C)CN1C(=O)c2ccc(NC(=O)Nc3ccccc3)cc2C1=O. The predicted octanol–water partition coefficient (Wildman–Crippen LogP) is 3.58. The van der Waals surface area contributed by atoms with Crippen molar-refractivity contribution in [1.82, 2.24) is 4.90 Å². The Hall–Kier alpha value is -3.15. The lowest BCUT2D eigenvalue weighted by Gasteiger charge is -2.15. The summed E-state index contributed by atoms with van der Waals surface area (Å²) in [6.07, 6.45) is 0. The van der Waals surface area contributed by atoms with Gasteiger partial charge in [0.15, 0.2) is 0 Å². The molecular formula is C19H19N3O3. The monoisotopic (exact) mass is 337 g/mol. The van der Waals surface area contributed by atoms with Gasteiger partial charge in [0, 0.05) is 17.9 Å². The van der Waals surface area contributed by atoms with Crippen molar-refractivity contribution in [3.8, 4) is 0 Å². The van der Waals surface area contributed by atoms with Gasteiger partial charge in [0.05, 0.1) is 11.1 Å². The van der Waals surface area contributed by atoms with Crippen molar-refractivity contribution in [2.24, 2.45) is 5.92 Å². The number of urea groups is 1. The number of amides is 4. The number of rotatable bonds is 4. The first kappa shape index (κ1) is 16.7. The van der Waals surface area contributed by atoms with Gasteiger partial charge in [0.2, 0.25) is 0 Å². The molecule has 2 aromatic rings. The molecule has 2 N–H and O–H groups in total. The minimum Gasteiger partial charge on any atom is -0.308 e. The fraction of sp³-hybridized carbons (Fsp3) is 0.211. The maximum Gasteiger partial charge on any atom is 0.323 e. The minimum atomic E-state index is -0.415. The second-order valence-corrected chi connectivity index (χ2v) is 6.32. The first-order chi connectivity index (χ1) is 12.0. The molecule has 0 aliphatic carbocycles. The normalized spacial score (nSPS) is 13.2. The molecule has 128 valence electrons. The van der Waals surface area contributed by atoms with E-state index in [2.05, 4.69) is 10.6 Å². The van der Waals surface area contributed by atoms with E-state index in [-0.39, 0.29) is 17.7 Å². The molecule has 0 spiro atoms. The smallest absolute Gasteiger partial charge is 0.308 e. The largest absolute Gasteiger partial charge is 0.323 e. The summed E-state index contributed by atoms with van der Waals surface area (Å²) in [5.74, 6) is -0.411. The Morgan fingerprint density at radius 1 is 0.920 bits per heavy atom. The molecule has 1 aliphatic rings. The quantitative estimate of drug-likeness (QED) is 0.837. The number of imide groups is 1. The van der Waals surface area contributed by atoms with Crippen molar-refractivity contribution in [1.29, 1.82) is 0 Å². The van der Waals surface area contributed by atoms with Crippen LogP contribution in [0.25, 0.3) is 0 Å². The highest BCUT2D eigenvalue weighted by molar-refractivity contribution is 6.22. The number of hydrogen-bond acceptors (Lipinski definition) is 3. The van der Waals surface area contributed by atoms with Crippen molar-refractivity contribution in [3.05, 3.63) is 59.7 Å². The van der Waals surface area contributed by atoms with Crippen LogP contribution in [0.3, 0.4) is 0 Å². The van der Waals surface area contributed by atoms with Crippen LogP contribution >= 0.6 is 0 Å². The topological polar surface area (TPSA) is 78.5 Å². The molecule has 0 atom stereocenters. The number of para-hydroxylation sites is 1. The molecule has 4 amide bonds. The van der Waals surface area contributed by atoms with Crippen LogP contribution in [0.2, 0.25) is 0 Å². The van der Waals surface area contributed by atoms with Gasteiger partial charge in [0.1, 0.15) is 0 Å². The third-order valence-corrected chi connectivity index (χ3v) is 3.81. The van der Waals surface area contributed by atoms with Gasteiger partial charge < -0.3 is 10.6 Å². The number of benzene rings is 2. The number of anilines is 2. The van der Waals surface area contributed by atoms with Gasteiger partial charge in [-0.2, -0.15) is 0 Å². The lowest BCUT2D eigenvalue weighted by atomic mass is 10.1. The van der Waals surface area contributed by atoms with Crippen LogP contribution in [-0.4, -0.2) is 29.3 Å². The average molecular weight is 337 g/mol. The minimum absolute atomic E-state index is 0.191. The van der Waals surface area contributed by atoms with E-state index in [1.165, 1.54) is 4.90 Å². The Bertz CT molecular complexity index is 831. The Morgan fingerprint density at radius 2 is 1.56 bits per heavy atom. The first-order valence-corrected chi connectivity index (χ1v) is 8.09. The number of carbonyl (C=O) groups is 3. The maximum atomic E-state index is 12.4. The van der Waals surface area contributed by atoms with E-state index in [9.17, 15) is 14.4 Å². The van der Waals surface area contributed by atoms with E-state index in [0.717, 1.165) is 0 Å². The van der Waals surface area contributed by atoms with Gasteiger partial charge in [-0.15, -0.1) is 0 Å². The van der Waals surface area contributed by atoms with Crippen LogP contribution in [0, 0.1) is 5.92 Å². The van der Waals surface area contributed by atoms with Gasteiger partial charge >= 0.3 is 6.03 Å². The van der Waals surface area contributed by atoms with E-state index in [4.69, 9.17) is 0 Å². The second kappa shape index (κ2) is 6.76. The van der Waals surface area contributed by atoms with Crippen LogP contribution in [0.4, 0.5) is 16.2 Å². The highest BCUT2D eigenvalue weighted by Gasteiger charge is 2.35. The van der Waals surface area contributed by atoms with Gasteiger partial charge in [-0.05, 0) is 36.2 Å². The van der Waals surface area contributed by atoms with Crippen molar-refractivity contribution in [2.45, 2.75) is 13.8 Å². The molecule has 6 heteroatoms. The summed E-state index contributed by atoms with van der Waals surface area (Å²) in [7, 11) is 0. The summed E-state index contributed by atoms with van der Waals surface area (Å²) in [5.41, 5.74) is 1.82. The predicted molar refractivity (Wildman–Crippen MR) is 95.7 cm³/mol. The van der Waals surface area contributed by atoms with Gasteiger partial charge in [-0.3, -0.25) is 14.5 Å². The summed E-state index contributed by atoms with van der Waals surface area (Å²) in [6.45, 7) is 4.28. The van der Waals surface area contributed by atoms with Crippen LogP contribution in [0.15, 0.2) is 48.5 Å². The molecule has 6 nitrogen and oxygen atoms in total. The molecule has 0 unspecified atom stereocenters. The highest BCUT2D eigenvalue weighted by Crippen LogP contribution is 2.26. The molecule has 3 rings (SSSR count).